The van der Waals surface area contributed by atoms with Crippen molar-refractivity contribution in [3.8, 4) is 5.75 Å². The van der Waals surface area contributed by atoms with E-state index in [1.807, 2.05) is 0 Å². The highest BCUT2D eigenvalue weighted by molar-refractivity contribution is 5.93. The van der Waals surface area contributed by atoms with Crippen LogP contribution in [0.2, 0.25) is 0 Å². The monoisotopic (exact) mass is 299 g/mol. The Balaban J connectivity index is 2.23. The predicted molar refractivity (Wildman–Crippen MR) is 76.8 cm³/mol. The van der Waals surface area contributed by atoms with Gasteiger partial charge >= 0.3 is 5.97 Å². The second-order valence-electron chi connectivity index (χ2n) is 4.10. The predicted octanol–water partition coefficient (Wildman–Crippen LogP) is 1.03. The first-order valence-corrected chi connectivity index (χ1v) is 6.55. The Bertz CT molecular complexity index is 437. The van der Waals surface area contributed by atoms with Gasteiger partial charge in [0.05, 0.1) is 38.7 Å². The van der Waals surface area contributed by atoms with Gasteiger partial charge in [-0.25, -0.2) is 4.79 Å². The van der Waals surface area contributed by atoms with E-state index in [0.717, 1.165) is 0 Å². The van der Waals surface area contributed by atoms with Crippen molar-refractivity contribution in [3.63, 3.8) is 0 Å². The number of anilines is 1. The molecule has 7 heteroatoms. The summed E-state index contributed by atoms with van der Waals surface area (Å²) in [6, 6.07) is 4.60. The minimum atomic E-state index is -1.08. The molecule has 0 radical (unpaired) electrons. The fraction of sp³-hybridized carbons (Fsp3) is 0.500. The van der Waals surface area contributed by atoms with Crippen LogP contribution in [0.4, 0.5) is 5.69 Å². The molecule has 0 bridgehead atoms. The van der Waals surface area contributed by atoms with Crippen LogP contribution in [0.15, 0.2) is 18.2 Å². The summed E-state index contributed by atoms with van der Waals surface area (Å²) < 4.78 is 20.7. The molecule has 0 amide bonds. The summed E-state index contributed by atoms with van der Waals surface area (Å²) in [6.45, 7) is 2.52. The molecule has 1 aromatic rings. The number of hydrogen-bond donors (Lipinski definition) is 2. The smallest absolute Gasteiger partial charge is 0.339 e. The first-order chi connectivity index (χ1) is 10.2. The van der Waals surface area contributed by atoms with Gasteiger partial charge in [0, 0.05) is 7.11 Å². The Kier molecular flexibility index (Phi) is 8.18. The number of benzene rings is 1. The molecule has 0 atom stereocenters. The van der Waals surface area contributed by atoms with Crippen molar-refractivity contribution in [2.24, 2.45) is 0 Å². The third kappa shape index (κ3) is 6.44. The van der Waals surface area contributed by atoms with Crippen LogP contribution in [0.25, 0.3) is 0 Å². The van der Waals surface area contributed by atoms with Crippen molar-refractivity contribution >= 4 is 11.7 Å². The van der Waals surface area contributed by atoms with E-state index >= 15 is 0 Å². The van der Waals surface area contributed by atoms with Gasteiger partial charge in [-0.2, -0.15) is 0 Å². The van der Waals surface area contributed by atoms with Crippen LogP contribution in [-0.4, -0.2) is 57.8 Å². The van der Waals surface area contributed by atoms with Gasteiger partial charge in [-0.3, -0.25) is 0 Å². The topological polar surface area (TPSA) is 100 Å². The fourth-order valence-corrected chi connectivity index (χ4v) is 1.55. The molecule has 0 aromatic heterocycles. The lowest BCUT2D eigenvalue weighted by molar-refractivity contribution is 0.0179. The van der Waals surface area contributed by atoms with Gasteiger partial charge in [-0.15, -0.1) is 0 Å². The molecular formula is C14H21NO6. The van der Waals surface area contributed by atoms with Crippen molar-refractivity contribution in [1.29, 1.82) is 0 Å². The van der Waals surface area contributed by atoms with E-state index in [1.54, 1.807) is 19.2 Å². The van der Waals surface area contributed by atoms with Gasteiger partial charge in [0.15, 0.2) is 5.75 Å². The zero-order valence-electron chi connectivity index (χ0n) is 12.0. The van der Waals surface area contributed by atoms with Crippen LogP contribution < -0.4 is 10.5 Å². The van der Waals surface area contributed by atoms with E-state index in [1.165, 1.54) is 6.07 Å². The Morgan fingerprint density at radius 2 is 1.71 bits per heavy atom. The van der Waals surface area contributed by atoms with Crippen LogP contribution in [0, 0.1) is 0 Å². The Hall–Kier alpha value is -1.83. The summed E-state index contributed by atoms with van der Waals surface area (Å²) in [4.78, 5) is 11.0. The lowest BCUT2D eigenvalue weighted by Crippen LogP contribution is -2.14. The largest absolute Gasteiger partial charge is 0.488 e. The number of carboxylic acid groups (broad SMARTS) is 1. The van der Waals surface area contributed by atoms with E-state index in [2.05, 4.69) is 0 Å². The van der Waals surface area contributed by atoms with Crippen molar-refractivity contribution < 1.29 is 28.8 Å². The summed E-state index contributed by atoms with van der Waals surface area (Å²) in [5, 5.41) is 9.04. The summed E-state index contributed by atoms with van der Waals surface area (Å²) >= 11 is 0. The standard InChI is InChI=1S/C14H21NO6/c1-18-5-6-19-7-8-20-9-10-21-13-11(14(16)17)3-2-4-12(13)15/h2-4H,5-10,15H2,1H3,(H,16,17). The second kappa shape index (κ2) is 9.98. The molecule has 0 aliphatic heterocycles. The molecule has 0 aliphatic rings. The quantitative estimate of drug-likeness (QED) is 0.465. The molecule has 0 saturated heterocycles. The van der Waals surface area contributed by atoms with Crippen molar-refractivity contribution in [3.05, 3.63) is 23.8 Å². The number of nitrogens with two attached hydrogens (primary N) is 1. The third-order valence-electron chi connectivity index (χ3n) is 2.55. The molecule has 0 fully saturated rings. The average Bonchev–Trinajstić information content (AvgIpc) is 2.46. The normalized spacial score (nSPS) is 10.5. The number of methoxy groups -OCH3 is 1. The van der Waals surface area contributed by atoms with Crippen LogP contribution in [0.3, 0.4) is 0 Å². The van der Waals surface area contributed by atoms with Crippen LogP contribution >= 0.6 is 0 Å². The SMILES string of the molecule is COCCOCCOCCOc1c(N)cccc1C(=O)O. The average molecular weight is 299 g/mol. The van der Waals surface area contributed by atoms with E-state index in [0.29, 0.717) is 33.0 Å². The first-order valence-electron chi connectivity index (χ1n) is 6.55. The molecule has 0 spiro atoms. The zero-order valence-corrected chi connectivity index (χ0v) is 12.0. The van der Waals surface area contributed by atoms with E-state index in [4.69, 9.17) is 29.8 Å². The maximum Gasteiger partial charge on any atom is 0.339 e. The molecule has 1 aromatic carbocycles. The van der Waals surface area contributed by atoms with Crippen LogP contribution in [-0.2, 0) is 14.2 Å². The number of aromatic carboxylic acids is 1. The van der Waals surface area contributed by atoms with Crippen molar-refractivity contribution in [1.82, 2.24) is 0 Å². The highest BCUT2D eigenvalue weighted by Crippen LogP contribution is 2.26. The second-order valence-corrected chi connectivity index (χ2v) is 4.10. The Morgan fingerprint density at radius 1 is 1.10 bits per heavy atom. The van der Waals surface area contributed by atoms with Gasteiger partial charge in [0.1, 0.15) is 12.2 Å². The summed E-state index contributed by atoms with van der Waals surface area (Å²) in [6.07, 6.45) is 0. The molecule has 0 unspecified atom stereocenters. The van der Waals surface area contributed by atoms with Gasteiger partial charge < -0.3 is 29.8 Å². The maximum absolute atomic E-state index is 11.0. The van der Waals surface area contributed by atoms with Gasteiger partial charge in [-0.1, -0.05) is 6.07 Å². The molecular weight excluding hydrogens is 278 g/mol. The lowest BCUT2D eigenvalue weighted by Gasteiger charge is -2.11. The van der Waals surface area contributed by atoms with E-state index in [-0.39, 0.29) is 23.6 Å². The lowest BCUT2D eigenvalue weighted by atomic mass is 10.2. The molecule has 118 valence electrons. The number of nitrogen functional groups attached to an aromatic ring is 1. The molecule has 0 heterocycles. The van der Waals surface area contributed by atoms with Gasteiger partial charge in [0.2, 0.25) is 0 Å². The Morgan fingerprint density at radius 3 is 2.33 bits per heavy atom. The van der Waals surface area contributed by atoms with Crippen molar-refractivity contribution in [2.75, 3.05) is 52.5 Å². The van der Waals surface area contributed by atoms with Crippen LogP contribution in [0.5, 0.6) is 5.75 Å². The number of para-hydroxylation sites is 1. The highest BCUT2D eigenvalue weighted by atomic mass is 16.6. The third-order valence-corrected chi connectivity index (χ3v) is 2.55. The summed E-state index contributed by atoms with van der Waals surface area (Å²) in [7, 11) is 1.61. The number of rotatable bonds is 11. The van der Waals surface area contributed by atoms with Gasteiger partial charge in [-0.05, 0) is 12.1 Å². The number of carboxylic acids is 1. The van der Waals surface area contributed by atoms with Crippen LogP contribution in [0.1, 0.15) is 10.4 Å². The molecule has 0 saturated carbocycles. The molecule has 1 rings (SSSR count). The van der Waals surface area contributed by atoms with E-state index in [9.17, 15) is 4.79 Å². The number of hydrogen-bond acceptors (Lipinski definition) is 6. The molecule has 0 aliphatic carbocycles. The zero-order chi connectivity index (χ0) is 15.5. The fourth-order valence-electron chi connectivity index (χ4n) is 1.55. The summed E-state index contributed by atoms with van der Waals surface area (Å²) in [5.41, 5.74) is 6.04. The minimum Gasteiger partial charge on any atom is -0.488 e. The van der Waals surface area contributed by atoms with Gasteiger partial charge in [0.25, 0.3) is 0 Å². The number of carbonyl (C=O) groups is 1. The minimum absolute atomic E-state index is 0.0397. The molecule has 21 heavy (non-hydrogen) atoms. The highest BCUT2D eigenvalue weighted by Gasteiger charge is 2.13. The molecule has 7 nitrogen and oxygen atoms in total. The Labute approximate surface area is 123 Å². The number of ether oxygens (including phenoxy) is 4. The van der Waals surface area contributed by atoms with Crippen molar-refractivity contribution in [2.45, 2.75) is 0 Å². The first kappa shape index (κ1) is 17.2. The van der Waals surface area contributed by atoms with E-state index < -0.39 is 5.97 Å². The maximum atomic E-state index is 11.0. The summed E-state index contributed by atoms with van der Waals surface area (Å²) in [5.74, 6) is -0.908. The molecule has 3 N–H and O–H groups in total.